The number of likely N-dealkylation sites (tertiary alicyclic amines) is 1. The number of halogens is 2. The van der Waals surface area contributed by atoms with E-state index in [1.54, 1.807) is 24.1 Å². The molecule has 0 saturated carbocycles. The van der Waals surface area contributed by atoms with Crippen molar-refractivity contribution in [1.29, 1.82) is 5.41 Å². The number of H-pyrrole nitrogens is 1. The summed E-state index contributed by atoms with van der Waals surface area (Å²) in [6.07, 6.45) is 1.16. The molecule has 1 spiro atoms. The van der Waals surface area contributed by atoms with E-state index in [-0.39, 0.29) is 28.9 Å². The molecule has 10 nitrogen and oxygen atoms in total. The number of amides is 1. The maximum Gasteiger partial charge on any atom is 0.297 e. The third kappa shape index (κ3) is 5.36. The minimum Gasteiger partial charge on any atom is -0.481 e. The fourth-order valence-electron chi connectivity index (χ4n) is 5.16. The van der Waals surface area contributed by atoms with Crippen molar-refractivity contribution in [2.75, 3.05) is 25.5 Å². The molecule has 5 rings (SSSR count). The highest BCUT2D eigenvalue weighted by atomic mass is 19.3. The van der Waals surface area contributed by atoms with Crippen molar-refractivity contribution in [3.8, 4) is 5.88 Å². The van der Waals surface area contributed by atoms with E-state index < -0.39 is 18.2 Å². The fourth-order valence-corrected chi connectivity index (χ4v) is 5.16. The van der Waals surface area contributed by atoms with Crippen molar-refractivity contribution in [2.24, 2.45) is 4.99 Å². The topological polar surface area (TPSA) is 132 Å². The van der Waals surface area contributed by atoms with E-state index >= 15 is 0 Å². The van der Waals surface area contributed by atoms with Crippen molar-refractivity contribution in [3.05, 3.63) is 70.4 Å². The third-order valence-electron chi connectivity index (χ3n) is 7.35. The van der Waals surface area contributed by atoms with E-state index in [1.165, 1.54) is 13.2 Å². The Morgan fingerprint density at radius 1 is 1.23 bits per heavy atom. The number of hydrogen-bond donors (Lipinski definition) is 3. The summed E-state index contributed by atoms with van der Waals surface area (Å²) in [7, 11) is 1.34. The van der Waals surface area contributed by atoms with Crippen molar-refractivity contribution in [3.63, 3.8) is 0 Å². The van der Waals surface area contributed by atoms with Crippen LogP contribution in [0.1, 0.15) is 60.4 Å². The van der Waals surface area contributed by atoms with Crippen LogP contribution in [0, 0.1) is 12.3 Å². The molecule has 2 aliphatic heterocycles. The molecular formula is C27H30F2N8O2. The van der Waals surface area contributed by atoms with Gasteiger partial charge < -0.3 is 19.9 Å². The van der Waals surface area contributed by atoms with Crippen LogP contribution in [-0.2, 0) is 11.2 Å². The lowest BCUT2D eigenvalue weighted by Gasteiger charge is -2.36. The van der Waals surface area contributed by atoms with Crippen LogP contribution in [0.3, 0.4) is 0 Å². The molecule has 3 aromatic rings. The maximum atomic E-state index is 13.4. The van der Waals surface area contributed by atoms with E-state index in [4.69, 9.17) is 15.1 Å². The van der Waals surface area contributed by atoms with Crippen LogP contribution in [0.25, 0.3) is 0 Å². The molecule has 1 saturated heterocycles. The Morgan fingerprint density at radius 3 is 2.77 bits per heavy atom. The minimum absolute atomic E-state index is 0.00184. The highest BCUT2D eigenvalue weighted by molar-refractivity contribution is 5.98. The highest BCUT2D eigenvalue weighted by Crippen LogP contribution is 2.38. The number of carbonyl (C=O) groups excluding carboxylic acids is 1. The number of aromatic nitrogens is 4. The van der Waals surface area contributed by atoms with Crippen molar-refractivity contribution < 1.29 is 18.3 Å². The lowest BCUT2D eigenvalue weighted by Crippen LogP contribution is -2.46. The SMILES string of the molecule is COc1cc(C(C)C(=O)N2CC[C@@]3(CCc4cc(C(=N)/N=c5/cccc[nH]5)c(C)nc4N3)C2)nc(C(F)F)n1. The number of aryl methyl sites for hydroxylation is 2. The van der Waals surface area contributed by atoms with Crippen LogP contribution in [-0.4, -0.2) is 62.3 Å². The number of nitrogens with one attached hydrogen (secondary N) is 3. The number of carbonyl (C=O) groups is 1. The number of ether oxygens (including phenoxy) is 1. The molecule has 2 aliphatic rings. The second-order valence-corrected chi connectivity index (χ2v) is 9.97. The average Bonchev–Trinajstić information content (AvgIpc) is 3.34. The van der Waals surface area contributed by atoms with E-state index in [0.29, 0.717) is 29.8 Å². The van der Waals surface area contributed by atoms with Crippen LogP contribution >= 0.6 is 0 Å². The fraction of sp³-hybridized carbons (Fsp3) is 0.407. The number of methoxy groups -OCH3 is 1. The van der Waals surface area contributed by atoms with E-state index in [2.05, 4.69) is 25.3 Å². The second-order valence-electron chi connectivity index (χ2n) is 9.97. The Balaban J connectivity index is 1.31. The Kier molecular flexibility index (Phi) is 7.11. The number of pyridine rings is 2. The molecule has 12 heteroatoms. The van der Waals surface area contributed by atoms with Crippen LogP contribution in [0.4, 0.5) is 14.6 Å². The van der Waals surface area contributed by atoms with Crippen molar-refractivity contribution >= 4 is 17.6 Å². The summed E-state index contributed by atoms with van der Waals surface area (Å²) in [5.74, 6) is -0.685. The number of rotatable bonds is 5. The molecule has 5 heterocycles. The summed E-state index contributed by atoms with van der Waals surface area (Å²) in [6, 6.07) is 8.90. The van der Waals surface area contributed by atoms with Crippen molar-refractivity contribution in [2.45, 2.75) is 51.0 Å². The van der Waals surface area contributed by atoms with Gasteiger partial charge in [-0.2, -0.15) is 4.98 Å². The first-order chi connectivity index (χ1) is 18.7. The summed E-state index contributed by atoms with van der Waals surface area (Å²) in [6.45, 7) is 4.52. The minimum atomic E-state index is -2.87. The van der Waals surface area contributed by atoms with Gasteiger partial charge in [-0.3, -0.25) is 10.2 Å². The molecule has 3 N–H and O–H groups in total. The van der Waals surface area contributed by atoms with E-state index in [1.807, 2.05) is 25.1 Å². The Bertz CT molecular complexity index is 1470. The normalized spacial score (nSPS) is 19.6. The van der Waals surface area contributed by atoms with Gasteiger partial charge in [0.15, 0.2) is 11.7 Å². The molecule has 0 aliphatic carbocycles. The van der Waals surface area contributed by atoms with Gasteiger partial charge >= 0.3 is 0 Å². The number of anilines is 1. The van der Waals surface area contributed by atoms with Crippen LogP contribution in [0.15, 0.2) is 41.5 Å². The van der Waals surface area contributed by atoms with Gasteiger partial charge in [0.2, 0.25) is 11.8 Å². The zero-order valence-corrected chi connectivity index (χ0v) is 22.0. The number of fused-ring (bicyclic) bond motifs is 1. The van der Waals surface area contributed by atoms with Crippen LogP contribution in [0.5, 0.6) is 5.88 Å². The summed E-state index contributed by atoms with van der Waals surface area (Å²) in [5, 5.41) is 12.1. The lowest BCUT2D eigenvalue weighted by atomic mass is 9.86. The molecule has 2 atom stereocenters. The Hall–Kier alpha value is -4.22. The quantitative estimate of drug-likeness (QED) is 0.338. The standard InChI is InChI=1S/C27H30F2N8O2/c1-15(19-13-21(39-3)35-25(33-19)22(28)29)26(38)37-11-9-27(14-37)8-7-17-12-18(16(2)32-24(17)36-27)23(30)34-20-6-4-5-10-31-20/h4-6,10,12-13,15,22H,7-9,11,14H2,1-3H3,(H,32,36)(H2,30,31,34)/t15?,27-/m0/s1. The lowest BCUT2D eigenvalue weighted by molar-refractivity contribution is -0.131. The Morgan fingerprint density at radius 2 is 2.05 bits per heavy atom. The van der Waals surface area contributed by atoms with Crippen molar-refractivity contribution in [1.82, 2.24) is 24.8 Å². The molecule has 0 bridgehead atoms. The molecule has 1 fully saturated rings. The third-order valence-corrected chi connectivity index (χ3v) is 7.35. The van der Waals surface area contributed by atoms with E-state index in [9.17, 15) is 13.6 Å². The second kappa shape index (κ2) is 10.5. The summed E-state index contributed by atoms with van der Waals surface area (Å²) < 4.78 is 31.6. The highest BCUT2D eigenvalue weighted by Gasteiger charge is 2.43. The molecule has 0 radical (unpaired) electrons. The first-order valence-corrected chi connectivity index (χ1v) is 12.7. The molecule has 3 aromatic heterocycles. The zero-order valence-electron chi connectivity index (χ0n) is 22.0. The molecule has 0 aromatic carbocycles. The van der Waals surface area contributed by atoms with Gasteiger partial charge in [-0.1, -0.05) is 6.07 Å². The number of aromatic amines is 1. The predicted octanol–water partition coefficient (Wildman–Crippen LogP) is 3.51. The van der Waals surface area contributed by atoms with Gasteiger partial charge in [0.1, 0.15) is 11.3 Å². The molecular weight excluding hydrogens is 506 g/mol. The summed E-state index contributed by atoms with van der Waals surface area (Å²) in [4.78, 5) is 34.9. The molecule has 1 unspecified atom stereocenters. The largest absolute Gasteiger partial charge is 0.481 e. The van der Waals surface area contributed by atoms with Gasteiger partial charge in [0.05, 0.1) is 30.0 Å². The summed E-state index contributed by atoms with van der Waals surface area (Å²) in [5.41, 5.74) is 2.82. The van der Waals surface area contributed by atoms with Gasteiger partial charge in [-0.25, -0.2) is 23.7 Å². The molecule has 204 valence electrons. The molecule has 39 heavy (non-hydrogen) atoms. The first kappa shape index (κ1) is 26.4. The average molecular weight is 537 g/mol. The Labute approximate surface area is 224 Å². The predicted molar refractivity (Wildman–Crippen MR) is 140 cm³/mol. The zero-order chi connectivity index (χ0) is 27.7. The maximum absolute atomic E-state index is 13.4. The summed E-state index contributed by atoms with van der Waals surface area (Å²) >= 11 is 0. The number of nitrogens with zero attached hydrogens (tertiary/aromatic N) is 5. The van der Waals surface area contributed by atoms with Gasteiger partial charge in [0.25, 0.3) is 6.43 Å². The van der Waals surface area contributed by atoms with Crippen LogP contribution < -0.4 is 15.5 Å². The number of alkyl halides is 2. The monoisotopic (exact) mass is 536 g/mol. The van der Waals surface area contributed by atoms with Gasteiger partial charge in [-0.05, 0) is 56.9 Å². The molecule has 1 amide bonds. The first-order valence-electron chi connectivity index (χ1n) is 12.7. The smallest absolute Gasteiger partial charge is 0.297 e. The van der Waals surface area contributed by atoms with Gasteiger partial charge in [-0.15, -0.1) is 0 Å². The number of hydrogen-bond acceptors (Lipinski definition) is 7. The number of amidine groups is 1. The van der Waals surface area contributed by atoms with Gasteiger partial charge in [0, 0.05) is 30.9 Å². The van der Waals surface area contributed by atoms with Crippen LogP contribution in [0.2, 0.25) is 0 Å². The van der Waals surface area contributed by atoms with E-state index in [0.717, 1.165) is 30.6 Å².